The maximum Gasteiger partial charge on any atom is 0.407 e. The van der Waals surface area contributed by atoms with Gasteiger partial charge in [-0.2, -0.15) is 0 Å². The fraction of sp³-hybridized carbons (Fsp3) is 0.423. The molecule has 0 aromatic heterocycles. The Morgan fingerprint density at radius 3 is 2.21 bits per heavy atom. The quantitative estimate of drug-likeness (QED) is 0.693. The lowest BCUT2D eigenvalue weighted by Gasteiger charge is -2.35. The second kappa shape index (κ2) is 8.89. The minimum absolute atomic E-state index is 0.0785. The van der Waals surface area contributed by atoms with Gasteiger partial charge in [0.15, 0.2) is 0 Å². The molecule has 1 saturated heterocycles. The highest BCUT2D eigenvalue weighted by molar-refractivity contribution is 5.92. The fourth-order valence-electron chi connectivity index (χ4n) is 4.99. The molecule has 2 aromatic carbocycles. The van der Waals surface area contributed by atoms with Crippen molar-refractivity contribution in [3.63, 3.8) is 0 Å². The number of alkyl carbamates (subject to hydrolysis) is 1. The lowest BCUT2D eigenvalue weighted by atomic mass is 9.96. The molecule has 1 fully saturated rings. The molecule has 4 rings (SSSR count). The topological polar surface area (TPSA) is 95.9 Å². The van der Waals surface area contributed by atoms with Crippen LogP contribution < -0.4 is 5.32 Å². The molecule has 1 aliphatic carbocycles. The Kier molecular flexibility index (Phi) is 6.15. The minimum atomic E-state index is -1.26. The summed E-state index contributed by atoms with van der Waals surface area (Å²) >= 11 is 0. The van der Waals surface area contributed by atoms with Crippen molar-refractivity contribution >= 4 is 18.0 Å². The number of carbonyl (C=O) groups is 3. The zero-order valence-electron chi connectivity index (χ0n) is 19.2. The van der Waals surface area contributed by atoms with Crippen molar-refractivity contribution in [2.45, 2.75) is 51.1 Å². The van der Waals surface area contributed by atoms with Crippen LogP contribution in [0, 0.1) is 5.92 Å². The van der Waals surface area contributed by atoms with Crippen LogP contribution in [-0.4, -0.2) is 52.7 Å². The van der Waals surface area contributed by atoms with Crippen molar-refractivity contribution in [2.24, 2.45) is 5.92 Å². The van der Waals surface area contributed by atoms with Gasteiger partial charge in [-0.3, -0.25) is 4.79 Å². The molecule has 0 spiro atoms. The lowest BCUT2D eigenvalue weighted by Crippen LogP contribution is -2.58. The molecule has 2 aromatic rings. The van der Waals surface area contributed by atoms with E-state index >= 15 is 0 Å². The summed E-state index contributed by atoms with van der Waals surface area (Å²) in [4.78, 5) is 39.1. The highest BCUT2D eigenvalue weighted by Gasteiger charge is 2.48. The van der Waals surface area contributed by atoms with Crippen molar-refractivity contribution in [3.8, 4) is 11.1 Å². The first-order chi connectivity index (χ1) is 15.7. The molecule has 0 radical (unpaired) electrons. The maximum atomic E-state index is 13.2. The molecule has 0 bridgehead atoms. The number of hydrogen-bond acceptors (Lipinski definition) is 4. The highest BCUT2D eigenvalue weighted by Crippen LogP contribution is 2.44. The van der Waals surface area contributed by atoms with Crippen LogP contribution in [-0.2, 0) is 14.3 Å². The summed E-state index contributed by atoms with van der Waals surface area (Å²) in [6, 6.07) is 15.3. The van der Waals surface area contributed by atoms with Gasteiger partial charge in [0, 0.05) is 12.5 Å². The summed E-state index contributed by atoms with van der Waals surface area (Å²) in [5, 5.41) is 12.4. The SMILES string of the molecule is CC(C)[C@@H](NC(=O)OCC1c2ccccc2-c2ccccc21)C(=O)N1CCCC1(C)C(=O)O. The van der Waals surface area contributed by atoms with E-state index in [0.717, 1.165) is 22.3 Å². The second-order valence-electron chi connectivity index (χ2n) is 9.36. The van der Waals surface area contributed by atoms with Crippen LogP contribution in [0.25, 0.3) is 11.1 Å². The molecular weight excluding hydrogens is 420 g/mol. The van der Waals surface area contributed by atoms with Crippen LogP contribution in [0.15, 0.2) is 48.5 Å². The van der Waals surface area contributed by atoms with Gasteiger partial charge < -0.3 is 20.1 Å². The van der Waals surface area contributed by atoms with E-state index < -0.39 is 23.6 Å². The predicted molar refractivity (Wildman–Crippen MR) is 124 cm³/mol. The second-order valence-corrected chi connectivity index (χ2v) is 9.36. The minimum Gasteiger partial charge on any atom is -0.480 e. The normalized spacial score (nSPS) is 20.3. The Labute approximate surface area is 193 Å². The number of benzene rings is 2. The number of carbonyl (C=O) groups excluding carboxylic acids is 2. The molecule has 7 nitrogen and oxygen atoms in total. The standard InChI is InChI=1S/C26H30N2O5/c1-16(2)22(23(29)28-14-8-13-26(28,3)24(30)31)27-25(32)33-15-21-19-11-6-4-9-17(19)18-10-5-7-12-20(18)21/h4-7,9-12,16,21-22H,8,13-15H2,1-3H3,(H,27,32)(H,30,31)/t22-,26?/m1/s1. The molecule has 1 heterocycles. The number of carboxylic acids is 1. The van der Waals surface area contributed by atoms with E-state index in [1.807, 2.05) is 50.2 Å². The number of ether oxygens (including phenoxy) is 1. The van der Waals surface area contributed by atoms with Gasteiger partial charge in [-0.05, 0) is 47.9 Å². The first-order valence-electron chi connectivity index (χ1n) is 11.4. The van der Waals surface area contributed by atoms with E-state index in [1.165, 1.54) is 4.90 Å². The molecule has 7 heteroatoms. The van der Waals surface area contributed by atoms with Crippen molar-refractivity contribution in [3.05, 3.63) is 59.7 Å². The first kappa shape index (κ1) is 22.8. The van der Waals surface area contributed by atoms with E-state index in [9.17, 15) is 19.5 Å². The van der Waals surface area contributed by atoms with Crippen molar-refractivity contribution < 1.29 is 24.2 Å². The third-order valence-electron chi connectivity index (χ3n) is 6.92. The maximum absolute atomic E-state index is 13.2. The first-order valence-corrected chi connectivity index (χ1v) is 11.4. The van der Waals surface area contributed by atoms with E-state index in [2.05, 4.69) is 17.4 Å². The molecule has 1 unspecified atom stereocenters. The number of carboxylic acid groups (broad SMARTS) is 1. The van der Waals surface area contributed by atoms with Crippen molar-refractivity contribution in [2.75, 3.05) is 13.2 Å². The van der Waals surface area contributed by atoms with Gasteiger partial charge in [-0.15, -0.1) is 0 Å². The molecule has 33 heavy (non-hydrogen) atoms. The van der Waals surface area contributed by atoms with Crippen LogP contribution >= 0.6 is 0 Å². The number of likely N-dealkylation sites (tertiary alicyclic amines) is 1. The average Bonchev–Trinajstić information content (AvgIpc) is 3.34. The highest BCUT2D eigenvalue weighted by atomic mass is 16.5. The summed E-state index contributed by atoms with van der Waals surface area (Å²) in [5.41, 5.74) is 3.24. The largest absolute Gasteiger partial charge is 0.480 e. The van der Waals surface area contributed by atoms with Crippen LogP contribution in [0.1, 0.15) is 50.7 Å². The van der Waals surface area contributed by atoms with Crippen molar-refractivity contribution in [1.82, 2.24) is 10.2 Å². The van der Waals surface area contributed by atoms with Gasteiger partial charge in [-0.1, -0.05) is 62.4 Å². The van der Waals surface area contributed by atoms with Gasteiger partial charge in [0.2, 0.25) is 5.91 Å². The number of rotatable bonds is 6. The lowest BCUT2D eigenvalue weighted by molar-refractivity contribution is -0.156. The van der Waals surface area contributed by atoms with E-state index in [0.29, 0.717) is 19.4 Å². The summed E-state index contributed by atoms with van der Waals surface area (Å²) in [6.45, 7) is 5.71. The zero-order valence-corrected chi connectivity index (χ0v) is 19.2. The van der Waals surface area contributed by atoms with Crippen LogP contribution in [0.4, 0.5) is 4.79 Å². The Hall–Kier alpha value is -3.35. The smallest absolute Gasteiger partial charge is 0.407 e. The van der Waals surface area contributed by atoms with E-state index in [4.69, 9.17) is 4.74 Å². The van der Waals surface area contributed by atoms with Gasteiger partial charge in [0.1, 0.15) is 18.2 Å². The van der Waals surface area contributed by atoms with Gasteiger partial charge in [-0.25, -0.2) is 9.59 Å². The summed E-state index contributed by atoms with van der Waals surface area (Å²) in [5.74, 6) is -1.72. The number of nitrogens with zero attached hydrogens (tertiary/aromatic N) is 1. The number of hydrogen-bond donors (Lipinski definition) is 2. The van der Waals surface area contributed by atoms with Gasteiger partial charge >= 0.3 is 12.1 Å². The zero-order chi connectivity index (χ0) is 23.8. The molecule has 0 saturated carbocycles. The third kappa shape index (κ3) is 4.08. The van der Waals surface area contributed by atoms with Gasteiger partial charge in [0.25, 0.3) is 0 Å². The third-order valence-corrected chi connectivity index (χ3v) is 6.92. The van der Waals surface area contributed by atoms with E-state index in [1.54, 1.807) is 6.92 Å². The number of fused-ring (bicyclic) bond motifs is 3. The summed E-state index contributed by atoms with van der Waals surface area (Å²) < 4.78 is 5.60. The van der Waals surface area contributed by atoms with Crippen LogP contribution in [0.5, 0.6) is 0 Å². The predicted octanol–water partition coefficient (Wildman–Crippen LogP) is 4.02. The molecule has 2 N–H and O–H groups in total. The Bertz CT molecular complexity index is 1040. The summed E-state index contributed by atoms with van der Waals surface area (Å²) in [7, 11) is 0. The average molecular weight is 451 g/mol. The number of aliphatic carboxylic acids is 1. The van der Waals surface area contributed by atoms with Crippen molar-refractivity contribution in [1.29, 1.82) is 0 Å². The Morgan fingerprint density at radius 1 is 1.09 bits per heavy atom. The van der Waals surface area contributed by atoms with Gasteiger partial charge in [0.05, 0.1) is 0 Å². The molecular formula is C26H30N2O5. The Morgan fingerprint density at radius 2 is 1.67 bits per heavy atom. The molecule has 2 aliphatic rings. The fourth-order valence-corrected chi connectivity index (χ4v) is 4.99. The number of amides is 2. The summed E-state index contributed by atoms with van der Waals surface area (Å²) in [6.07, 6.45) is 0.328. The monoisotopic (exact) mass is 450 g/mol. The molecule has 2 amide bonds. The molecule has 1 aliphatic heterocycles. The molecule has 2 atom stereocenters. The van der Waals surface area contributed by atoms with Crippen LogP contribution in [0.2, 0.25) is 0 Å². The van der Waals surface area contributed by atoms with E-state index in [-0.39, 0.29) is 24.3 Å². The Balaban J connectivity index is 1.46. The van der Waals surface area contributed by atoms with Crippen LogP contribution in [0.3, 0.4) is 0 Å². The number of nitrogens with one attached hydrogen (secondary N) is 1. The molecule has 174 valence electrons.